The SMILES string of the molecule is CCCN(CC)S(=O)(=O)c1cccc(CNC)c1. The van der Waals surface area contributed by atoms with Crippen molar-refractivity contribution in [1.82, 2.24) is 9.62 Å². The zero-order valence-electron chi connectivity index (χ0n) is 11.3. The fraction of sp³-hybridized carbons (Fsp3) is 0.538. The van der Waals surface area contributed by atoms with E-state index in [9.17, 15) is 8.42 Å². The fourth-order valence-electron chi connectivity index (χ4n) is 1.87. The maximum absolute atomic E-state index is 12.4. The van der Waals surface area contributed by atoms with Gasteiger partial charge in [-0.1, -0.05) is 26.0 Å². The van der Waals surface area contributed by atoms with Gasteiger partial charge in [0.25, 0.3) is 0 Å². The van der Waals surface area contributed by atoms with Crippen LogP contribution in [-0.2, 0) is 16.6 Å². The van der Waals surface area contributed by atoms with Crippen molar-refractivity contribution >= 4 is 10.0 Å². The first-order valence-corrected chi connectivity index (χ1v) is 7.74. The Labute approximate surface area is 110 Å². The van der Waals surface area contributed by atoms with Crippen molar-refractivity contribution in [2.45, 2.75) is 31.7 Å². The van der Waals surface area contributed by atoms with E-state index in [1.54, 1.807) is 18.2 Å². The molecule has 0 aliphatic carbocycles. The quantitative estimate of drug-likeness (QED) is 0.822. The highest BCUT2D eigenvalue weighted by Gasteiger charge is 2.22. The molecule has 0 bridgehead atoms. The summed E-state index contributed by atoms with van der Waals surface area (Å²) in [5.74, 6) is 0. The molecule has 1 N–H and O–H groups in total. The average molecular weight is 270 g/mol. The molecule has 0 radical (unpaired) electrons. The fourth-order valence-corrected chi connectivity index (χ4v) is 3.48. The molecule has 0 aliphatic rings. The van der Waals surface area contributed by atoms with Gasteiger partial charge in [0.15, 0.2) is 0 Å². The van der Waals surface area contributed by atoms with Crippen LogP contribution in [0.2, 0.25) is 0 Å². The second-order valence-electron chi connectivity index (χ2n) is 4.17. The highest BCUT2D eigenvalue weighted by Crippen LogP contribution is 2.17. The normalized spacial score (nSPS) is 12.0. The smallest absolute Gasteiger partial charge is 0.243 e. The number of nitrogens with zero attached hydrogens (tertiary/aromatic N) is 1. The first kappa shape index (κ1) is 15.1. The van der Waals surface area contributed by atoms with E-state index in [1.807, 2.05) is 27.0 Å². The Bertz CT molecular complexity index is 472. The molecule has 5 heteroatoms. The second kappa shape index (κ2) is 6.87. The van der Waals surface area contributed by atoms with E-state index in [-0.39, 0.29) is 0 Å². The molecule has 0 fully saturated rings. The van der Waals surface area contributed by atoms with Crippen LogP contribution < -0.4 is 5.32 Å². The molecule has 0 unspecified atom stereocenters. The molecule has 0 amide bonds. The van der Waals surface area contributed by atoms with Gasteiger partial charge in [0.2, 0.25) is 10.0 Å². The van der Waals surface area contributed by atoms with Gasteiger partial charge in [0, 0.05) is 19.6 Å². The number of hydrogen-bond acceptors (Lipinski definition) is 3. The number of nitrogens with one attached hydrogen (secondary N) is 1. The Morgan fingerprint density at radius 1 is 1.28 bits per heavy atom. The Morgan fingerprint density at radius 3 is 2.56 bits per heavy atom. The van der Waals surface area contributed by atoms with E-state index in [2.05, 4.69) is 5.32 Å². The summed E-state index contributed by atoms with van der Waals surface area (Å²) in [6.07, 6.45) is 0.823. The second-order valence-corrected chi connectivity index (χ2v) is 6.11. The minimum atomic E-state index is -3.35. The van der Waals surface area contributed by atoms with E-state index in [0.29, 0.717) is 24.5 Å². The van der Waals surface area contributed by atoms with Crippen LogP contribution in [0, 0.1) is 0 Å². The van der Waals surface area contributed by atoms with Crippen LogP contribution in [0.3, 0.4) is 0 Å². The third kappa shape index (κ3) is 3.54. The van der Waals surface area contributed by atoms with Crippen molar-refractivity contribution in [3.63, 3.8) is 0 Å². The molecule has 0 saturated carbocycles. The zero-order valence-corrected chi connectivity index (χ0v) is 12.1. The molecule has 1 aromatic rings. The lowest BCUT2D eigenvalue weighted by atomic mass is 10.2. The van der Waals surface area contributed by atoms with Gasteiger partial charge in [-0.05, 0) is 31.2 Å². The standard InChI is InChI=1S/C13H22N2O2S/c1-4-9-15(5-2)18(16,17)13-8-6-7-12(10-13)11-14-3/h6-8,10,14H,4-5,9,11H2,1-3H3. The number of hydrogen-bond donors (Lipinski definition) is 1. The van der Waals surface area contributed by atoms with E-state index in [4.69, 9.17) is 0 Å². The summed E-state index contributed by atoms with van der Waals surface area (Å²) in [5.41, 5.74) is 0.978. The van der Waals surface area contributed by atoms with Crippen molar-refractivity contribution < 1.29 is 8.42 Å². The Morgan fingerprint density at radius 2 is 2.00 bits per heavy atom. The van der Waals surface area contributed by atoms with Crippen LogP contribution >= 0.6 is 0 Å². The number of rotatable bonds is 7. The lowest BCUT2D eigenvalue weighted by Gasteiger charge is -2.20. The van der Waals surface area contributed by atoms with E-state index >= 15 is 0 Å². The van der Waals surface area contributed by atoms with Crippen LogP contribution in [0.5, 0.6) is 0 Å². The van der Waals surface area contributed by atoms with Crippen LogP contribution in [-0.4, -0.2) is 32.9 Å². The van der Waals surface area contributed by atoms with Crippen molar-refractivity contribution in [1.29, 1.82) is 0 Å². The lowest BCUT2D eigenvalue weighted by Crippen LogP contribution is -2.31. The third-order valence-electron chi connectivity index (χ3n) is 2.74. The monoisotopic (exact) mass is 270 g/mol. The Balaban J connectivity index is 3.06. The molecule has 1 rings (SSSR count). The average Bonchev–Trinajstić information content (AvgIpc) is 2.36. The highest BCUT2D eigenvalue weighted by atomic mass is 32.2. The van der Waals surface area contributed by atoms with Gasteiger partial charge in [-0.15, -0.1) is 0 Å². The van der Waals surface area contributed by atoms with Gasteiger partial charge in [0.05, 0.1) is 4.90 Å². The molecule has 4 nitrogen and oxygen atoms in total. The molecule has 0 atom stereocenters. The third-order valence-corrected chi connectivity index (χ3v) is 4.71. The van der Waals surface area contributed by atoms with E-state index < -0.39 is 10.0 Å². The lowest BCUT2D eigenvalue weighted by molar-refractivity contribution is 0.427. The van der Waals surface area contributed by atoms with E-state index in [0.717, 1.165) is 12.0 Å². The summed E-state index contributed by atoms with van der Waals surface area (Å²) in [5, 5.41) is 3.02. The molecule has 1 aromatic carbocycles. The zero-order chi connectivity index (χ0) is 13.6. The molecule has 0 spiro atoms. The molecule has 0 saturated heterocycles. The molecular formula is C13H22N2O2S. The van der Waals surface area contributed by atoms with Gasteiger partial charge >= 0.3 is 0 Å². The minimum Gasteiger partial charge on any atom is -0.316 e. The summed E-state index contributed by atoms with van der Waals surface area (Å²) >= 11 is 0. The first-order chi connectivity index (χ1) is 8.56. The maximum atomic E-state index is 12.4. The first-order valence-electron chi connectivity index (χ1n) is 6.30. The van der Waals surface area contributed by atoms with Gasteiger partial charge in [-0.3, -0.25) is 0 Å². The van der Waals surface area contributed by atoms with Gasteiger partial charge in [0.1, 0.15) is 0 Å². The number of benzene rings is 1. The molecular weight excluding hydrogens is 248 g/mol. The van der Waals surface area contributed by atoms with Crippen LogP contribution in [0.25, 0.3) is 0 Å². The van der Waals surface area contributed by atoms with Crippen molar-refractivity contribution in [3.8, 4) is 0 Å². The molecule has 18 heavy (non-hydrogen) atoms. The Kier molecular flexibility index (Phi) is 5.78. The maximum Gasteiger partial charge on any atom is 0.243 e. The summed E-state index contributed by atoms with van der Waals surface area (Å²) in [4.78, 5) is 0.380. The van der Waals surface area contributed by atoms with Gasteiger partial charge in [-0.25, -0.2) is 8.42 Å². The van der Waals surface area contributed by atoms with Crippen molar-refractivity contribution in [2.75, 3.05) is 20.1 Å². The minimum absolute atomic E-state index is 0.380. The van der Waals surface area contributed by atoms with Crippen LogP contribution in [0.4, 0.5) is 0 Å². The molecule has 0 heterocycles. The van der Waals surface area contributed by atoms with Gasteiger partial charge in [-0.2, -0.15) is 4.31 Å². The number of sulfonamides is 1. The summed E-state index contributed by atoms with van der Waals surface area (Å²) in [6, 6.07) is 7.11. The molecule has 0 aromatic heterocycles. The topological polar surface area (TPSA) is 49.4 Å². The van der Waals surface area contributed by atoms with Crippen LogP contribution in [0.15, 0.2) is 29.2 Å². The summed E-state index contributed by atoms with van der Waals surface area (Å²) in [6.45, 7) is 5.59. The summed E-state index contributed by atoms with van der Waals surface area (Å²) in [7, 11) is -1.50. The molecule has 0 aliphatic heterocycles. The van der Waals surface area contributed by atoms with Crippen molar-refractivity contribution in [3.05, 3.63) is 29.8 Å². The molecule has 102 valence electrons. The van der Waals surface area contributed by atoms with Gasteiger partial charge < -0.3 is 5.32 Å². The van der Waals surface area contributed by atoms with Crippen molar-refractivity contribution in [2.24, 2.45) is 0 Å². The largest absolute Gasteiger partial charge is 0.316 e. The predicted molar refractivity (Wildman–Crippen MR) is 73.9 cm³/mol. The van der Waals surface area contributed by atoms with E-state index in [1.165, 1.54) is 4.31 Å². The summed E-state index contributed by atoms with van der Waals surface area (Å²) < 4.78 is 26.3. The van der Waals surface area contributed by atoms with Crippen LogP contribution in [0.1, 0.15) is 25.8 Å². The highest BCUT2D eigenvalue weighted by molar-refractivity contribution is 7.89. The predicted octanol–water partition coefficient (Wildman–Crippen LogP) is 1.83. The Hall–Kier alpha value is -0.910.